The minimum Gasteiger partial charge on any atom is -0.469 e. The van der Waals surface area contributed by atoms with Gasteiger partial charge < -0.3 is 9.73 Å². The molecule has 2 nitrogen and oxygen atoms in total. The minimum absolute atomic E-state index is 0.175. The maximum absolute atomic E-state index is 6.27. The first-order valence-electron chi connectivity index (χ1n) is 5.66. The molecule has 0 saturated carbocycles. The first kappa shape index (κ1) is 12.2. The quantitative estimate of drug-likeness (QED) is 0.893. The molecular weight excluding hydrogens is 234 g/mol. The van der Waals surface area contributed by atoms with Gasteiger partial charge in [-0.05, 0) is 43.3 Å². The second kappa shape index (κ2) is 5.39. The van der Waals surface area contributed by atoms with Crippen molar-refractivity contribution in [1.29, 1.82) is 0 Å². The highest BCUT2D eigenvalue weighted by Gasteiger charge is 2.14. The molecule has 1 aromatic carbocycles. The van der Waals surface area contributed by atoms with Crippen LogP contribution in [0.25, 0.3) is 0 Å². The van der Waals surface area contributed by atoms with Gasteiger partial charge >= 0.3 is 0 Å². The van der Waals surface area contributed by atoms with Crippen molar-refractivity contribution in [1.82, 2.24) is 5.32 Å². The number of furan rings is 1. The number of hydrogen-bond acceptors (Lipinski definition) is 2. The second-order valence-electron chi connectivity index (χ2n) is 4.15. The Labute approximate surface area is 107 Å². The van der Waals surface area contributed by atoms with Gasteiger partial charge in [-0.15, -0.1) is 0 Å². The summed E-state index contributed by atoms with van der Waals surface area (Å²) in [5.41, 5.74) is 2.28. The van der Waals surface area contributed by atoms with E-state index >= 15 is 0 Å². The third kappa shape index (κ3) is 2.90. The van der Waals surface area contributed by atoms with Gasteiger partial charge in [0.25, 0.3) is 0 Å². The minimum atomic E-state index is 0.175. The average Bonchev–Trinajstić information content (AvgIpc) is 2.79. The second-order valence-corrected chi connectivity index (χ2v) is 4.56. The van der Waals surface area contributed by atoms with Crippen molar-refractivity contribution in [3.05, 3.63) is 58.5 Å². The van der Waals surface area contributed by atoms with E-state index in [0.29, 0.717) is 0 Å². The van der Waals surface area contributed by atoms with Gasteiger partial charge in [0.1, 0.15) is 5.76 Å². The molecule has 2 aromatic rings. The first-order valence-corrected chi connectivity index (χ1v) is 6.04. The van der Waals surface area contributed by atoms with E-state index in [1.807, 2.05) is 32.2 Å². The maximum atomic E-state index is 6.27. The van der Waals surface area contributed by atoms with Crippen LogP contribution in [-0.2, 0) is 6.42 Å². The van der Waals surface area contributed by atoms with Gasteiger partial charge in [-0.25, -0.2) is 0 Å². The fraction of sp³-hybridized carbons (Fsp3) is 0.286. The molecular formula is C14H16ClNO. The number of aryl methyl sites for hydroxylation is 1. The van der Waals surface area contributed by atoms with E-state index in [9.17, 15) is 0 Å². The van der Waals surface area contributed by atoms with Crippen molar-refractivity contribution in [2.75, 3.05) is 7.05 Å². The zero-order valence-corrected chi connectivity index (χ0v) is 10.8. The predicted octanol–water partition coefficient (Wildman–Crippen LogP) is 3.74. The number of rotatable bonds is 4. The van der Waals surface area contributed by atoms with Crippen LogP contribution >= 0.6 is 11.6 Å². The standard InChI is InChI=1S/C14H16ClNO/c1-10-5-6-12(13(15)8-10)14(16-2)9-11-4-3-7-17-11/h3-8,14,16H,9H2,1-2H3. The van der Waals surface area contributed by atoms with E-state index < -0.39 is 0 Å². The van der Waals surface area contributed by atoms with Gasteiger partial charge in [0.2, 0.25) is 0 Å². The Kier molecular flexibility index (Phi) is 3.87. The monoisotopic (exact) mass is 249 g/mol. The third-order valence-corrected chi connectivity index (χ3v) is 3.19. The fourth-order valence-electron chi connectivity index (χ4n) is 1.91. The number of hydrogen-bond donors (Lipinski definition) is 1. The maximum Gasteiger partial charge on any atom is 0.105 e. The molecule has 0 fully saturated rings. The number of nitrogens with one attached hydrogen (secondary N) is 1. The highest BCUT2D eigenvalue weighted by atomic mass is 35.5. The van der Waals surface area contributed by atoms with Crippen molar-refractivity contribution >= 4 is 11.6 Å². The lowest BCUT2D eigenvalue weighted by Gasteiger charge is -2.17. The van der Waals surface area contributed by atoms with Crippen LogP contribution in [0.15, 0.2) is 41.0 Å². The predicted molar refractivity (Wildman–Crippen MR) is 70.4 cm³/mol. The molecule has 0 aliphatic carbocycles. The molecule has 0 aliphatic heterocycles. The molecule has 2 rings (SSSR count). The van der Waals surface area contributed by atoms with Crippen LogP contribution < -0.4 is 5.32 Å². The zero-order valence-electron chi connectivity index (χ0n) is 10.0. The largest absolute Gasteiger partial charge is 0.469 e. The Hall–Kier alpha value is -1.25. The Morgan fingerprint density at radius 2 is 2.18 bits per heavy atom. The van der Waals surface area contributed by atoms with Gasteiger partial charge in [-0.2, -0.15) is 0 Å². The van der Waals surface area contributed by atoms with E-state index in [0.717, 1.165) is 22.8 Å². The van der Waals surface area contributed by atoms with Gasteiger partial charge in [-0.3, -0.25) is 0 Å². The van der Waals surface area contributed by atoms with Crippen LogP contribution in [0.5, 0.6) is 0 Å². The molecule has 17 heavy (non-hydrogen) atoms. The fourth-order valence-corrected chi connectivity index (χ4v) is 2.28. The zero-order chi connectivity index (χ0) is 12.3. The van der Waals surface area contributed by atoms with E-state index in [1.54, 1.807) is 6.26 Å². The molecule has 90 valence electrons. The van der Waals surface area contributed by atoms with Crippen molar-refractivity contribution < 1.29 is 4.42 Å². The lowest BCUT2D eigenvalue weighted by molar-refractivity contribution is 0.466. The van der Waals surface area contributed by atoms with Crippen molar-refractivity contribution in [2.24, 2.45) is 0 Å². The summed E-state index contributed by atoms with van der Waals surface area (Å²) < 4.78 is 5.37. The average molecular weight is 250 g/mol. The van der Waals surface area contributed by atoms with Crippen LogP contribution in [0.4, 0.5) is 0 Å². The van der Waals surface area contributed by atoms with Crippen molar-refractivity contribution in [3.8, 4) is 0 Å². The molecule has 1 atom stereocenters. The highest BCUT2D eigenvalue weighted by Crippen LogP contribution is 2.26. The molecule has 1 unspecified atom stereocenters. The van der Waals surface area contributed by atoms with E-state index in [-0.39, 0.29) is 6.04 Å². The van der Waals surface area contributed by atoms with Crippen LogP contribution in [0.2, 0.25) is 5.02 Å². The van der Waals surface area contributed by atoms with Crippen molar-refractivity contribution in [2.45, 2.75) is 19.4 Å². The molecule has 0 spiro atoms. The number of benzene rings is 1. The smallest absolute Gasteiger partial charge is 0.105 e. The number of likely N-dealkylation sites (N-methyl/N-ethyl adjacent to an activating group) is 1. The van der Waals surface area contributed by atoms with E-state index in [4.69, 9.17) is 16.0 Å². The molecule has 0 amide bonds. The van der Waals surface area contributed by atoms with Crippen LogP contribution in [0, 0.1) is 6.92 Å². The molecule has 0 saturated heterocycles. The molecule has 1 N–H and O–H groups in total. The summed E-state index contributed by atoms with van der Waals surface area (Å²) in [5, 5.41) is 4.07. The summed E-state index contributed by atoms with van der Waals surface area (Å²) >= 11 is 6.27. The Morgan fingerprint density at radius 3 is 2.76 bits per heavy atom. The topological polar surface area (TPSA) is 25.2 Å². The molecule has 0 aliphatic rings. The Bertz CT molecular complexity index is 479. The molecule has 3 heteroatoms. The van der Waals surface area contributed by atoms with Gasteiger partial charge in [0.05, 0.1) is 6.26 Å². The summed E-state index contributed by atoms with van der Waals surface area (Å²) in [6, 6.07) is 10.2. The lowest BCUT2D eigenvalue weighted by atomic mass is 10.0. The van der Waals surface area contributed by atoms with Crippen LogP contribution in [0.1, 0.15) is 22.9 Å². The van der Waals surface area contributed by atoms with Crippen molar-refractivity contribution in [3.63, 3.8) is 0 Å². The number of halogens is 1. The molecule has 0 radical (unpaired) electrons. The summed E-state index contributed by atoms with van der Waals surface area (Å²) in [6.45, 7) is 2.04. The van der Waals surface area contributed by atoms with Gasteiger partial charge in [-0.1, -0.05) is 23.7 Å². The van der Waals surface area contributed by atoms with Gasteiger partial charge in [0.15, 0.2) is 0 Å². The third-order valence-electron chi connectivity index (χ3n) is 2.87. The van der Waals surface area contributed by atoms with E-state index in [1.165, 1.54) is 5.56 Å². The summed E-state index contributed by atoms with van der Waals surface area (Å²) in [7, 11) is 1.93. The SMILES string of the molecule is CNC(Cc1ccco1)c1ccc(C)cc1Cl. The summed E-state index contributed by atoms with van der Waals surface area (Å²) in [4.78, 5) is 0. The first-order chi connectivity index (χ1) is 8.20. The molecule has 1 aromatic heterocycles. The Balaban J connectivity index is 2.23. The normalized spacial score (nSPS) is 12.6. The summed E-state index contributed by atoms with van der Waals surface area (Å²) in [5.74, 6) is 0.959. The van der Waals surface area contributed by atoms with E-state index in [2.05, 4.69) is 17.4 Å². The van der Waals surface area contributed by atoms with Gasteiger partial charge in [0, 0.05) is 17.5 Å². The summed E-state index contributed by atoms with van der Waals surface area (Å²) in [6.07, 6.45) is 2.49. The van der Waals surface area contributed by atoms with Crippen LogP contribution in [0.3, 0.4) is 0 Å². The highest BCUT2D eigenvalue weighted by molar-refractivity contribution is 6.31. The molecule has 1 heterocycles. The van der Waals surface area contributed by atoms with Crippen LogP contribution in [-0.4, -0.2) is 7.05 Å². The lowest BCUT2D eigenvalue weighted by Crippen LogP contribution is -2.19. The molecule has 0 bridgehead atoms. The Morgan fingerprint density at radius 1 is 1.35 bits per heavy atom.